The van der Waals surface area contributed by atoms with Crippen LogP contribution in [-0.4, -0.2) is 13.2 Å². The molecule has 0 spiro atoms. The van der Waals surface area contributed by atoms with Crippen LogP contribution in [0.3, 0.4) is 0 Å². The van der Waals surface area contributed by atoms with Crippen molar-refractivity contribution in [2.24, 2.45) is 0 Å². The van der Waals surface area contributed by atoms with Gasteiger partial charge in [0.1, 0.15) is 5.76 Å². The van der Waals surface area contributed by atoms with Gasteiger partial charge in [-0.15, -0.1) is 0 Å². The van der Waals surface area contributed by atoms with E-state index in [1.54, 1.807) is 13.0 Å². The summed E-state index contributed by atoms with van der Waals surface area (Å²) in [5.41, 5.74) is -0.920. The maximum atomic E-state index is 13.8. The van der Waals surface area contributed by atoms with Crippen LogP contribution in [0.15, 0.2) is 11.8 Å². The van der Waals surface area contributed by atoms with Crippen LogP contribution >= 0.6 is 0 Å². The Labute approximate surface area is 112 Å². The Kier molecular flexibility index (Phi) is 4.27. The molecule has 0 saturated carbocycles. The first kappa shape index (κ1) is 14.8. The van der Waals surface area contributed by atoms with Gasteiger partial charge >= 0.3 is 0 Å². The van der Waals surface area contributed by atoms with Crippen LogP contribution in [-0.2, 0) is 4.74 Å². The Morgan fingerprint density at radius 2 is 1.60 bits per heavy atom. The average molecular weight is 293 g/mol. The summed E-state index contributed by atoms with van der Waals surface area (Å²) < 4.78 is 72.3. The van der Waals surface area contributed by atoms with E-state index >= 15 is 0 Å². The normalized spacial score (nSPS) is 16.0. The van der Waals surface area contributed by atoms with Gasteiger partial charge in [-0.05, 0) is 12.6 Å². The first-order chi connectivity index (χ1) is 9.49. The number of halogens is 5. The lowest BCUT2D eigenvalue weighted by Gasteiger charge is -2.21. The number of likely N-dealkylation sites (N-methyl/N-ethyl adjacent to an activating group) is 1. The van der Waals surface area contributed by atoms with Crippen molar-refractivity contribution in [3.05, 3.63) is 46.5 Å². The lowest BCUT2D eigenvalue weighted by molar-refractivity contribution is 0.211. The molecule has 0 bridgehead atoms. The third kappa shape index (κ3) is 2.37. The molecule has 20 heavy (non-hydrogen) atoms. The van der Waals surface area contributed by atoms with E-state index in [2.05, 4.69) is 5.32 Å². The number of hydrogen-bond acceptors (Lipinski definition) is 2. The van der Waals surface area contributed by atoms with Crippen LogP contribution in [0.5, 0.6) is 0 Å². The molecule has 1 unspecified atom stereocenters. The van der Waals surface area contributed by atoms with Crippen LogP contribution in [0.25, 0.3) is 0 Å². The quantitative estimate of drug-likeness (QED) is 0.522. The van der Waals surface area contributed by atoms with Gasteiger partial charge in [0.15, 0.2) is 23.3 Å². The SMILES string of the molecule is CCNC(C1=CCCO1)c1c(F)c(F)c(F)c(F)c1F. The fourth-order valence-electron chi connectivity index (χ4n) is 2.06. The highest BCUT2D eigenvalue weighted by molar-refractivity contribution is 5.32. The summed E-state index contributed by atoms with van der Waals surface area (Å²) in [6.45, 7) is 2.23. The summed E-state index contributed by atoms with van der Waals surface area (Å²) in [6, 6.07) is -1.20. The Bertz CT molecular complexity index is 529. The summed E-state index contributed by atoms with van der Waals surface area (Å²) in [4.78, 5) is 0. The molecule has 1 aliphatic rings. The van der Waals surface area contributed by atoms with Gasteiger partial charge < -0.3 is 10.1 Å². The molecule has 0 aliphatic carbocycles. The van der Waals surface area contributed by atoms with Crippen molar-refractivity contribution in [3.8, 4) is 0 Å². The lowest BCUT2D eigenvalue weighted by Crippen LogP contribution is -2.26. The van der Waals surface area contributed by atoms with E-state index in [0.29, 0.717) is 13.0 Å². The number of nitrogens with one attached hydrogen (secondary N) is 1. The molecule has 1 N–H and O–H groups in total. The molecule has 0 amide bonds. The van der Waals surface area contributed by atoms with Crippen LogP contribution in [0.1, 0.15) is 24.9 Å². The van der Waals surface area contributed by atoms with E-state index < -0.39 is 40.7 Å². The molecule has 1 aromatic carbocycles. The Balaban J connectivity index is 2.59. The maximum absolute atomic E-state index is 13.8. The standard InChI is InChI=1S/C13H12F5NO/c1-2-19-13(6-4-3-5-20-6)7-8(14)10(16)12(18)11(17)9(7)15/h4,13,19H,2-3,5H2,1H3. The largest absolute Gasteiger partial charge is 0.496 e. The fourth-order valence-corrected chi connectivity index (χ4v) is 2.06. The van der Waals surface area contributed by atoms with Gasteiger partial charge in [-0.2, -0.15) is 0 Å². The van der Waals surface area contributed by atoms with Crippen molar-refractivity contribution < 1.29 is 26.7 Å². The van der Waals surface area contributed by atoms with Gasteiger partial charge in [0.05, 0.1) is 18.2 Å². The Morgan fingerprint density at radius 1 is 1.05 bits per heavy atom. The predicted octanol–water partition coefficient (Wildman–Crippen LogP) is 3.34. The molecule has 7 heteroatoms. The molecule has 110 valence electrons. The molecule has 0 fully saturated rings. The van der Waals surface area contributed by atoms with Crippen LogP contribution < -0.4 is 5.32 Å². The van der Waals surface area contributed by atoms with Crippen LogP contribution in [0, 0.1) is 29.1 Å². The van der Waals surface area contributed by atoms with Crippen LogP contribution in [0.2, 0.25) is 0 Å². The first-order valence-electron chi connectivity index (χ1n) is 6.06. The summed E-state index contributed by atoms with van der Waals surface area (Å²) in [5, 5.41) is 2.67. The predicted molar refractivity (Wildman–Crippen MR) is 61.3 cm³/mol. The summed E-state index contributed by atoms with van der Waals surface area (Å²) >= 11 is 0. The topological polar surface area (TPSA) is 21.3 Å². The molecule has 0 aromatic heterocycles. The molecule has 1 heterocycles. The number of ether oxygens (including phenoxy) is 1. The molecular weight excluding hydrogens is 281 g/mol. The second kappa shape index (κ2) is 5.78. The molecule has 1 aromatic rings. The van der Waals surface area contributed by atoms with E-state index in [4.69, 9.17) is 4.74 Å². The molecule has 0 saturated heterocycles. The van der Waals surface area contributed by atoms with E-state index in [-0.39, 0.29) is 12.3 Å². The third-order valence-electron chi connectivity index (χ3n) is 2.96. The van der Waals surface area contributed by atoms with E-state index in [1.165, 1.54) is 0 Å². The zero-order valence-electron chi connectivity index (χ0n) is 10.6. The summed E-state index contributed by atoms with van der Waals surface area (Å²) in [6.07, 6.45) is 2.08. The van der Waals surface area contributed by atoms with Gasteiger partial charge in [0.2, 0.25) is 5.82 Å². The smallest absolute Gasteiger partial charge is 0.200 e. The number of rotatable bonds is 4. The molecular formula is C13H12F5NO. The zero-order chi connectivity index (χ0) is 14.9. The van der Waals surface area contributed by atoms with Gasteiger partial charge in [0, 0.05) is 6.42 Å². The van der Waals surface area contributed by atoms with Gasteiger partial charge in [-0.1, -0.05) is 6.92 Å². The highest BCUT2D eigenvalue weighted by Crippen LogP contribution is 2.33. The Morgan fingerprint density at radius 3 is 2.05 bits per heavy atom. The average Bonchev–Trinajstić information content (AvgIpc) is 2.96. The van der Waals surface area contributed by atoms with E-state index in [0.717, 1.165) is 0 Å². The van der Waals surface area contributed by atoms with Crippen LogP contribution in [0.4, 0.5) is 22.0 Å². The molecule has 1 aliphatic heterocycles. The van der Waals surface area contributed by atoms with Crippen molar-refractivity contribution in [3.63, 3.8) is 0 Å². The van der Waals surface area contributed by atoms with Gasteiger partial charge in [-0.25, -0.2) is 22.0 Å². The van der Waals surface area contributed by atoms with Crippen molar-refractivity contribution in [2.75, 3.05) is 13.2 Å². The molecule has 2 nitrogen and oxygen atoms in total. The van der Waals surface area contributed by atoms with Crippen molar-refractivity contribution >= 4 is 0 Å². The minimum atomic E-state index is -2.17. The molecule has 0 radical (unpaired) electrons. The second-order valence-electron chi connectivity index (χ2n) is 4.22. The second-order valence-corrected chi connectivity index (χ2v) is 4.22. The minimum Gasteiger partial charge on any atom is -0.496 e. The summed E-state index contributed by atoms with van der Waals surface area (Å²) in [5.74, 6) is -9.61. The van der Waals surface area contributed by atoms with Crippen molar-refractivity contribution in [2.45, 2.75) is 19.4 Å². The highest BCUT2D eigenvalue weighted by Gasteiger charge is 2.33. The highest BCUT2D eigenvalue weighted by atomic mass is 19.2. The molecule has 2 rings (SSSR count). The molecule has 1 atom stereocenters. The number of benzene rings is 1. The third-order valence-corrected chi connectivity index (χ3v) is 2.96. The fraction of sp³-hybridized carbons (Fsp3) is 0.385. The lowest BCUT2D eigenvalue weighted by atomic mass is 10.0. The summed E-state index contributed by atoms with van der Waals surface area (Å²) in [7, 11) is 0. The minimum absolute atomic E-state index is 0.162. The Hall–Kier alpha value is -1.63. The maximum Gasteiger partial charge on any atom is 0.200 e. The van der Waals surface area contributed by atoms with E-state index in [1.807, 2.05) is 0 Å². The van der Waals surface area contributed by atoms with E-state index in [9.17, 15) is 22.0 Å². The monoisotopic (exact) mass is 293 g/mol. The van der Waals surface area contributed by atoms with Crippen molar-refractivity contribution in [1.82, 2.24) is 5.32 Å². The first-order valence-corrected chi connectivity index (χ1v) is 6.06. The zero-order valence-corrected chi connectivity index (χ0v) is 10.6. The van der Waals surface area contributed by atoms with Gasteiger partial charge in [0.25, 0.3) is 0 Å². The van der Waals surface area contributed by atoms with Gasteiger partial charge in [-0.3, -0.25) is 0 Å². The number of hydrogen-bond donors (Lipinski definition) is 1. The van der Waals surface area contributed by atoms with Crippen molar-refractivity contribution in [1.29, 1.82) is 0 Å².